The van der Waals surface area contributed by atoms with Gasteiger partial charge in [-0.25, -0.2) is 0 Å². The van der Waals surface area contributed by atoms with Gasteiger partial charge in [-0.2, -0.15) is 0 Å². The zero-order valence-corrected chi connectivity index (χ0v) is 17.9. The molecule has 3 aromatic rings. The third-order valence-electron chi connectivity index (χ3n) is 5.32. The van der Waals surface area contributed by atoms with Crippen molar-refractivity contribution in [3.8, 4) is 0 Å². The summed E-state index contributed by atoms with van der Waals surface area (Å²) in [6.07, 6.45) is 4.96. The minimum Gasteiger partial charge on any atom is -0.361 e. The van der Waals surface area contributed by atoms with Crippen molar-refractivity contribution in [2.24, 2.45) is 5.73 Å². The monoisotopic (exact) mass is 434 g/mol. The van der Waals surface area contributed by atoms with Crippen LogP contribution in [0.3, 0.4) is 0 Å². The molecule has 1 aromatic heterocycles. The van der Waals surface area contributed by atoms with Gasteiger partial charge in [-0.05, 0) is 55.6 Å². The third kappa shape index (κ3) is 5.52. The van der Waals surface area contributed by atoms with Gasteiger partial charge in [0.25, 0.3) is 0 Å². The number of halogens is 2. The second-order valence-corrected chi connectivity index (χ2v) is 7.30. The zero-order valence-electron chi connectivity index (χ0n) is 16.3. The van der Waals surface area contributed by atoms with Crippen molar-refractivity contribution in [1.82, 2.24) is 9.88 Å². The number of nitrogens with two attached hydrogens (primary N) is 1. The van der Waals surface area contributed by atoms with Crippen molar-refractivity contribution in [2.75, 3.05) is 18.4 Å². The molecule has 29 heavy (non-hydrogen) atoms. The molecule has 0 unspecified atom stereocenters. The number of amides is 1. The molecule has 2 heterocycles. The lowest BCUT2D eigenvalue weighted by atomic mass is 10.0. The van der Waals surface area contributed by atoms with Crippen LogP contribution in [0.25, 0.3) is 10.9 Å². The highest BCUT2D eigenvalue weighted by Gasteiger charge is 2.19. The largest absolute Gasteiger partial charge is 0.361 e. The lowest BCUT2D eigenvalue weighted by molar-refractivity contribution is -0.117. The van der Waals surface area contributed by atoms with Crippen molar-refractivity contribution >= 4 is 47.3 Å². The van der Waals surface area contributed by atoms with E-state index in [4.69, 9.17) is 5.73 Å². The number of rotatable bonds is 6. The first-order valence-corrected chi connectivity index (χ1v) is 9.62. The number of benzene rings is 2. The van der Waals surface area contributed by atoms with E-state index in [-0.39, 0.29) is 30.7 Å². The molecular weight excluding hydrogens is 407 g/mol. The summed E-state index contributed by atoms with van der Waals surface area (Å²) in [6.45, 7) is 3.12. The third-order valence-corrected chi connectivity index (χ3v) is 5.32. The van der Waals surface area contributed by atoms with Gasteiger partial charge in [-0.1, -0.05) is 36.4 Å². The maximum atomic E-state index is 12.7. The Bertz CT molecular complexity index is 937. The van der Waals surface area contributed by atoms with Gasteiger partial charge in [-0.3, -0.25) is 9.69 Å². The molecule has 7 heteroatoms. The lowest BCUT2D eigenvalue weighted by Gasteiger charge is -2.19. The van der Waals surface area contributed by atoms with E-state index in [0.717, 1.165) is 47.4 Å². The average Bonchev–Trinajstić information content (AvgIpc) is 3.33. The number of para-hydroxylation sites is 2. The van der Waals surface area contributed by atoms with Gasteiger partial charge in [-0.15, -0.1) is 24.8 Å². The highest BCUT2D eigenvalue weighted by molar-refractivity contribution is 5.96. The predicted octanol–water partition coefficient (Wildman–Crippen LogP) is 4.12. The van der Waals surface area contributed by atoms with Crippen LogP contribution < -0.4 is 11.1 Å². The number of nitrogens with one attached hydrogen (secondary N) is 2. The molecule has 0 bridgehead atoms. The van der Waals surface area contributed by atoms with Crippen molar-refractivity contribution in [2.45, 2.75) is 31.8 Å². The average molecular weight is 435 g/mol. The normalized spacial score (nSPS) is 14.8. The number of likely N-dealkylation sites (tertiary alicyclic amines) is 1. The summed E-state index contributed by atoms with van der Waals surface area (Å²) < 4.78 is 0. The Morgan fingerprint density at radius 2 is 1.72 bits per heavy atom. The van der Waals surface area contributed by atoms with Crippen LogP contribution in [0.15, 0.2) is 54.7 Å². The van der Waals surface area contributed by atoms with Crippen molar-refractivity contribution in [3.63, 3.8) is 0 Å². The Kier molecular flexibility index (Phi) is 8.53. The number of aromatic nitrogens is 1. The second kappa shape index (κ2) is 10.6. The first kappa shape index (κ1) is 23.2. The molecule has 0 spiro atoms. The number of nitrogens with zero attached hydrogens (tertiary/aromatic N) is 1. The van der Waals surface area contributed by atoms with Crippen LogP contribution in [0.4, 0.5) is 5.69 Å². The van der Waals surface area contributed by atoms with Crippen LogP contribution in [-0.2, 0) is 17.8 Å². The molecule has 1 aliphatic heterocycles. The fraction of sp³-hybridized carbons (Fsp3) is 0.318. The predicted molar refractivity (Wildman–Crippen MR) is 124 cm³/mol. The van der Waals surface area contributed by atoms with Crippen LogP contribution in [0, 0.1) is 0 Å². The van der Waals surface area contributed by atoms with Gasteiger partial charge in [0, 0.05) is 29.3 Å². The van der Waals surface area contributed by atoms with Crippen LogP contribution in [0.1, 0.15) is 24.0 Å². The standard InChI is InChI=1S/C22H26N4O.2ClH/c23-19(13-17-14-24-21-10-4-2-8-18(17)21)22(27)25-20-9-3-1-7-16(20)15-26-11-5-6-12-26;;/h1-4,7-10,14,19,24H,5-6,11-13,15,23H2,(H,25,27);2*1H/t19-;;/m1../s1. The number of hydrogen-bond donors (Lipinski definition) is 3. The van der Waals surface area contributed by atoms with Crippen LogP contribution in [-0.4, -0.2) is 34.9 Å². The molecule has 1 amide bonds. The van der Waals surface area contributed by atoms with Crippen molar-refractivity contribution in [1.29, 1.82) is 0 Å². The van der Waals surface area contributed by atoms with Crippen molar-refractivity contribution < 1.29 is 4.79 Å². The molecule has 1 aliphatic rings. The van der Waals surface area contributed by atoms with Crippen molar-refractivity contribution in [3.05, 3.63) is 65.9 Å². The molecule has 1 saturated heterocycles. The fourth-order valence-corrected chi connectivity index (χ4v) is 3.82. The first-order chi connectivity index (χ1) is 13.2. The summed E-state index contributed by atoms with van der Waals surface area (Å²) >= 11 is 0. The van der Waals surface area contributed by atoms with E-state index < -0.39 is 6.04 Å². The second-order valence-electron chi connectivity index (χ2n) is 7.30. The van der Waals surface area contributed by atoms with Crippen LogP contribution in [0.2, 0.25) is 0 Å². The Morgan fingerprint density at radius 3 is 2.52 bits per heavy atom. The van der Waals surface area contributed by atoms with Crippen LogP contribution >= 0.6 is 24.8 Å². The molecule has 5 nitrogen and oxygen atoms in total. The van der Waals surface area contributed by atoms with E-state index in [2.05, 4.69) is 27.3 Å². The Balaban J connectivity index is 0.00000150. The summed E-state index contributed by atoms with van der Waals surface area (Å²) in [7, 11) is 0. The molecule has 1 atom stereocenters. The molecule has 4 N–H and O–H groups in total. The maximum absolute atomic E-state index is 12.7. The molecule has 156 valence electrons. The Hall–Kier alpha value is -2.05. The molecule has 4 rings (SSSR count). The molecule has 0 saturated carbocycles. The van der Waals surface area contributed by atoms with E-state index >= 15 is 0 Å². The number of carbonyl (C=O) groups excluding carboxylic acids is 1. The number of H-pyrrole nitrogens is 1. The molecule has 2 aromatic carbocycles. The van der Waals surface area contributed by atoms with Crippen LogP contribution in [0.5, 0.6) is 0 Å². The maximum Gasteiger partial charge on any atom is 0.241 e. The number of aromatic amines is 1. The van der Waals surface area contributed by atoms with Gasteiger partial charge in [0.1, 0.15) is 0 Å². The summed E-state index contributed by atoms with van der Waals surface area (Å²) in [5.74, 6) is -0.144. The number of anilines is 1. The SMILES string of the molecule is Cl.Cl.N[C@H](Cc1c[nH]c2ccccc12)C(=O)Nc1ccccc1CN1CCCC1. The van der Waals surface area contributed by atoms with Gasteiger partial charge in [0.2, 0.25) is 5.91 Å². The number of carbonyl (C=O) groups is 1. The summed E-state index contributed by atoms with van der Waals surface area (Å²) in [4.78, 5) is 18.4. The van der Waals surface area contributed by atoms with E-state index in [1.54, 1.807) is 0 Å². The van der Waals surface area contributed by atoms with E-state index in [0.29, 0.717) is 6.42 Å². The smallest absolute Gasteiger partial charge is 0.241 e. The highest BCUT2D eigenvalue weighted by Crippen LogP contribution is 2.21. The van der Waals surface area contributed by atoms with Gasteiger partial charge in [0.05, 0.1) is 6.04 Å². The minimum atomic E-state index is -0.593. The zero-order chi connectivity index (χ0) is 18.6. The van der Waals surface area contributed by atoms with E-state index in [1.807, 2.05) is 42.6 Å². The molecule has 0 aliphatic carbocycles. The summed E-state index contributed by atoms with van der Waals surface area (Å²) in [5, 5.41) is 4.16. The topological polar surface area (TPSA) is 74.1 Å². The number of fused-ring (bicyclic) bond motifs is 1. The quantitative estimate of drug-likeness (QED) is 0.546. The number of hydrogen-bond acceptors (Lipinski definition) is 3. The molecule has 1 fully saturated rings. The van der Waals surface area contributed by atoms with E-state index in [9.17, 15) is 4.79 Å². The fourth-order valence-electron chi connectivity index (χ4n) is 3.82. The Labute approximate surface area is 183 Å². The highest BCUT2D eigenvalue weighted by atomic mass is 35.5. The van der Waals surface area contributed by atoms with Gasteiger partial charge >= 0.3 is 0 Å². The van der Waals surface area contributed by atoms with Gasteiger partial charge in [0.15, 0.2) is 0 Å². The minimum absolute atomic E-state index is 0. The molecule has 0 radical (unpaired) electrons. The lowest BCUT2D eigenvalue weighted by Crippen LogP contribution is -2.37. The molecular formula is C22H28Cl2N4O. The van der Waals surface area contributed by atoms with Gasteiger partial charge < -0.3 is 16.0 Å². The van der Waals surface area contributed by atoms with E-state index in [1.165, 1.54) is 12.8 Å². The Morgan fingerprint density at radius 1 is 1.03 bits per heavy atom. The first-order valence-electron chi connectivity index (χ1n) is 9.62. The summed E-state index contributed by atoms with van der Waals surface area (Å²) in [5.41, 5.74) is 10.4. The summed E-state index contributed by atoms with van der Waals surface area (Å²) in [6, 6.07) is 15.5.